The highest BCUT2D eigenvalue weighted by atomic mass is 35.5. The van der Waals surface area contributed by atoms with Crippen molar-refractivity contribution in [3.05, 3.63) is 51.0 Å². The number of hydrogen-bond acceptors (Lipinski definition) is 4. The topological polar surface area (TPSA) is 55.2 Å². The second-order valence-electron chi connectivity index (χ2n) is 3.67. The van der Waals surface area contributed by atoms with Gasteiger partial charge in [0.15, 0.2) is 5.15 Å². The summed E-state index contributed by atoms with van der Waals surface area (Å²) in [5.41, 5.74) is 0.759. The first-order valence-electron chi connectivity index (χ1n) is 5.22. The number of benzene rings is 1. The van der Waals surface area contributed by atoms with Crippen molar-refractivity contribution in [1.82, 2.24) is 9.97 Å². The van der Waals surface area contributed by atoms with Crippen LogP contribution in [0.4, 0.5) is 0 Å². The van der Waals surface area contributed by atoms with Crippen molar-refractivity contribution in [3.63, 3.8) is 0 Å². The molecule has 100 valence electrons. The molecule has 0 amide bonds. The SMILES string of the molecule is COc1cc(C(O)c2ncc(Cl)nc2Cl)ccc1Cl. The number of aromatic nitrogens is 2. The zero-order valence-corrected chi connectivity index (χ0v) is 12.0. The molecule has 7 heteroatoms. The first kappa shape index (κ1) is 14.3. The van der Waals surface area contributed by atoms with Gasteiger partial charge in [0.1, 0.15) is 22.7 Å². The lowest BCUT2D eigenvalue weighted by molar-refractivity contribution is 0.214. The molecule has 0 aliphatic carbocycles. The Balaban J connectivity index is 2.40. The third-order valence-corrected chi connectivity index (χ3v) is 3.25. The molecule has 1 aromatic carbocycles. The molecule has 1 aromatic heterocycles. The van der Waals surface area contributed by atoms with E-state index in [2.05, 4.69) is 9.97 Å². The molecule has 2 aromatic rings. The van der Waals surface area contributed by atoms with Gasteiger partial charge in [0.2, 0.25) is 0 Å². The smallest absolute Gasteiger partial charge is 0.155 e. The lowest BCUT2D eigenvalue weighted by atomic mass is 10.1. The van der Waals surface area contributed by atoms with Crippen LogP contribution in [0.2, 0.25) is 15.3 Å². The average molecular weight is 320 g/mol. The van der Waals surface area contributed by atoms with E-state index in [4.69, 9.17) is 39.5 Å². The second kappa shape index (κ2) is 5.92. The number of halogens is 3. The summed E-state index contributed by atoms with van der Waals surface area (Å²) in [6.07, 6.45) is 0.280. The van der Waals surface area contributed by atoms with Crippen LogP contribution >= 0.6 is 34.8 Å². The number of ether oxygens (including phenoxy) is 1. The Morgan fingerprint density at radius 3 is 2.63 bits per heavy atom. The van der Waals surface area contributed by atoms with E-state index in [1.807, 2.05) is 0 Å². The molecule has 0 radical (unpaired) electrons. The maximum atomic E-state index is 10.2. The minimum atomic E-state index is -1.04. The van der Waals surface area contributed by atoms with Gasteiger partial charge in [-0.25, -0.2) is 4.98 Å². The van der Waals surface area contributed by atoms with Crippen molar-refractivity contribution in [3.8, 4) is 5.75 Å². The van der Waals surface area contributed by atoms with Crippen LogP contribution < -0.4 is 4.74 Å². The van der Waals surface area contributed by atoms with Gasteiger partial charge in [-0.15, -0.1) is 0 Å². The van der Waals surface area contributed by atoms with Crippen molar-refractivity contribution < 1.29 is 9.84 Å². The molecule has 2 rings (SSSR count). The highest BCUT2D eigenvalue weighted by Gasteiger charge is 2.18. The van der Waals surface area contributed by atoms with Crippen LogP contribution in [0.5, 0.6) is 5.75 Å². The van der Waals surface area contributed by atoms with Gasteiger partial charge in [-0.3, -0.25) is 4.98 Å². The summed E-state index contributed by atoms with van der Waals surface area (Å²) in [6.45, 7) is 0. The largest absolute Gasteiger partial charge is 0.495 e. The third kappa shape index (κ3) is 3.09. The summed E-state index contributed by atoms with van der Waals surface area (Å²) in [5, 5.41) is 10.9. The average Bonchev–Trinajstić information content (AvgIpc) is 2.38. The molecule has 1 unspecified atom stereocenters. The van der Waals surface area contributed by atoms with Gasteiger partial charge in [0.05, 0.1) is 18.3 Å². The second-order valence-corrected chi connectivity index (χ2v) is 4.82. The molecule has 0 saturated carbocycles. The van der Waals surface area contributed by atoms with Crippen molar-refractivity contribution in [2.45, 2.75) is 6.10 Å². The molecule has 0 bridgehead atoms. The maximum Gasteiger partial charge on any atom is 0.155 e. The first-order chi connectivity index (χ1) is 9.02. The number of nitrogens with zero attached hydrogens (tertiary/aromatic N) is 2. The first-order valence-corrected chi connectivity index (χ1v) is 6.35. The molecule has 0 fully saturated rings. The van der Waals surface area contributed by atoms with Gasteiger partial charge < -0.3 is 9.84 Å². The van der Waals surface area contributed by atoms with E-state index in [9.17, 15) is 5.11 Å². The highest BCUT2D eigenvalue weighted by Crippen LogP contribution is 2.31. The monoisotopic (exact) mass is 318 g/mol. The van der Waals surface area contributed by atoms with Gasteiger partial charge in [-0.1, -0.05) is 40.9 Å². The molecular weight excluding hydrogens is 311 g/mol. The quantitative estimate of drug-likeness (QED) is 0.940. The normalized spacial score (nSPS) is 12.3. The van der Waals surface area contributed by atoms with E-state index in [0.29, 0.717) is 16.3 Å². The fourth-order valence-corrected chi connectivity index (χ4v) is 2.16. The predicted octanol–water partition coefficient (Wildman–Crippen LogP) is 3.53. The fraction of sp³-hybridized carbons (Fsp3) is 0.167. The Labute approximate surface area is 124 Å². The lowest BCUT2D eigenvalue weighted by Gasteiger charge is -2.13. The summed E-state index contributed by atoms with van der Waals surface area (Å²) in [4.78, 5) is 7.81. The van der Waals surface area contributed by atoms with Crippen LogP contribution in [0.25, 0.3) is 0 Å². The number of hydrogen-bond donors (Lipinski definition) is 1. The molecule has 1 N–H and O–H groups in total. The number of methoxy groups -OCH3 is 1. The number of aliphatic hydroxyl groups is 1. The molecule has 1 atom stereocenters. The van der Waals surface area contributed by atoms with E-state index in [0.717, 1.165) is 0 Å². The van der Waals surface area contributed by atoms with Crippen LogP contribution in [0.3, 0.4) is 0 Å². The Morgan fingerprint density at radius 1 is 1.26 bits per heavy atom. The van der Waals surface area contributed by atoms with Crippen LogP contribution in [0.15, 0.2) is 24.4 Å². The predicted molar refractivity (Wildman–Crippen MR) is 74.1 cm³/mol. The molecule has 0 spiro atoms. The van der Waals surface area contributed by atoms with Crippen molar-refractivity contribution in [1.29, 1.82) is 0 Å². The van der Waals surface area contributed by atoms with E-state index in [1.54, 1.807) is 18.2 Å². The van der Waals surface area contributed by atoms with E-state index < -0.39 is 6.10 Å². The maximum absolute atomic E-state index is 10.2. The third-order valence-electron chi connectivity index (χ3n) is 2.48. The zero-order chi connectivity index (χ0) is 14.0. The van der Waals surface area contributed by atoms with Crippen molar-refractivity contribution >= 4 is 34.8 Å². The number of rotatable bonds is 3. The minimum absolute atomic E-state index is 0.0499. The minimum Gasteiger partial charge on any atom is -0.495 e. The lowest BCUT2D eigenvalue weighted by Crippen LogP contribution is -2.05. The van der Waals surface area contributed by atoms with E-state index >= 15 is 0 Å². The Kier molecular flexibility index (Phi) is 4.47. The number of aliphatic hydroxyl groups excluding tert-OH is 1. The van der Waals surface area contributed by atoms with Gasteiger partial charge >= 0.3 is 0 Å². The molecule has 0 aliphatic rings. The molecule has 0 aliphatic heterocycles. The standard InChI is InChI=1S/C12H9Cl3N2O2/c1-19-8-4-6(2-3-7(8)13)11(18)10-12(15)17-9(14)5-16-10/h2-5,11,18H,1H3. The molecule has 1 heterocycles. The summed E-state index contributed by atoms with van der Waals surface area (Å²) in [6, 6.07) is 4.89. The molecule has 19 heavy (non-hydrogen) atoms. The van der Waals surface area contributed by atoms with Crippen molar-refractivity contribution in [2.75, 3.05) is 7.11 Å². The van der Waals surface area contributed by atoms with Crippen LogP contribution in [0, 0.1) is 0 Å². The van der Waals surface area contributed by atoms with E-state index in [-0.39, 0.29) is 16.0 Å². The van der Waals surface area contributed by atoms with Crippen LogP contribution in [0.1, 0.15) is 17.4 Å². The van der Waals surface area contributed by atoms with Gasteiger partial charge in [0.25, 0.3) is 0 Å². The summed E-state index contributed by atoms with van der Waals surface area (Å²) < 4.78 is 5.09. The fourth-order valence-electron chi connectivity index (χ4n) is 1.54. The molecule has 0 saturated heterocycles. The van der Waals surface area contributed by atoms with Crippen LogP contribution in [-0.2, 0) is 0 Å². The summed E-state index contributed by atoms with van der Waals surface area (Å²) in [5.74, 6) is 0.455. The van der Waals surface area contributed by atoms with Gasteiger partial charge in [-0.2, -0.15) is 0 Å². The van der Waals surface area contributed by atoms with Crippen LogP contribution in [-0.4, -0.2) is 22.2 Å². The highest BCUT2D eigenvalue weighted by molar-refractivity contribution is 6.32. The molecular formula is C12H9Cl3N2O2. The summed E-state index contributed by atoms with van der Waals surface area (Å²) in [7, 11) is 1.49. The van der Waals surface area contributed by atoms with Gasteiger partial charge in [-0.05, 0) is 17.7 Å². The Morgan fingerprint density at radius 2 is 2.00 bits per heavy atom. The molecule has 4 nitrogen and oxygen atoms in total. The van der Waals surface area contributed by atoms with Crippen molar-refractivity contribution in [2.24, 2.45) is 0 Å². The zero-order valence-electron chi connectivity index (χ0n) is 9.77. The Bertz CT molecular complexity index is 608. The summed E-state index contributed by atoms with van der Waals surface area (Å²) >= 11 is 17.5. The van der Waals surface area contributed by atoms with E-state index in [1.165, 1.54) is 13.3 Å². The van der Waals surface area contributed by atoms with Gasteiger partial charge in [0, 0.05) is 0 Å². The Hall–Kier alpha value is -1.07.